The molecule has 0 spiro atoms. The van der Waals surface area contributed by atoms with Gasteiger partial charge in [-0.1, -0.05) is 15.9 Å². The van der Waals surface area contributed by atoms with Gasteiger partial charge in [-0.2, -0.15) is 5.26 Å². The number of nitrogens with zero attached hydrogens (tertiary/aromatic N) is 2. The fraction of sp³-hybridized carbons (Fsp3) is 0.143. The van der Waals surface area contributed by atoms with Crippen LogP contribution in [-0.2, 0) is 6.54 Å². The summed E-state index contributed by atoms with van der Waals surface area (Å²) in [6.07, 6.45) is 1.64. The Morgan fingerprint density at radius 3 is 2.95 bits per heavy atom. The first kappa shape index (κ1) is 13.4. The summed E-state index contributed by atoms with van der Waals surface area (Å²) in [7, 11) is 1.63. The number of aromatic nitrogens is 1. The highest BCUT2D eigenvalue weighted by molar-refractivity contribution is 9.10. The van der Waals surface area contributed by atoms with Crippen molar-refractivity contribution in [3.05, 3.63) is 52.3 Å². The predicted octanol–water partition coefficient (Wildman–Crippen LogP) is 3.34. The molecule has 0 aliphatic heterocycles. The number of ether oxygens (including phenoxy) is 1. The van der Waals surface area contributed by atoms with Crippen LogP contribution in [-0.4, -0.2) is 12.1 Å². The molecule has 1 aromatic heterocycles. The highest BCUT2D eigenvalue weighted by Gasteiger charge is 2.01. The van der Waals surface area contributed by atoms with E-state index in [0.29, 0.717) is 12.2 Å². The minimum absolute atomic E-state index is 0.422. The quantitative estimate of drug-likeness (QED) is 0.939. The summed E-state index contributed by atoms with van der Waals surface area (Å²) in [5.41, 5.74) is 2.37. The number of anilines is 1. The van der Waals surface area contributed by atoms with Gasteiger partial charge in [0.1, 0.15) is 17.5 Å². The van der Waals surface area contributed by atoms with Crippen molar-refractivity contribution in [1.82, 2.24) is 4.98 Å². The van der Waals surface area contributed by atoms with E-state index in [0.717, 1.165) is 21.5 Å². The SMILES string of the molecule is COc1cc(Br)cc(NCc2ccnc(C#N)c2)c1. The third-order valence-electron chi connectivity index (χ3n) is 2.54. The molecule has 0 bridgehead atoms. The van der Waals surface area contributed by atoms with E-state index in [-0.39, 0.29) is 0 Å². The van der Waals surface area contributed by atoms with Crippen molar-refractivity contribution in [2.24, 2.45) is 0 Å². The normalized spacial score (nSPS) is 9.74. The van der Waals surface area contributed by atoms with Crippen LogP contribution in [0.4, 0.5) is 5.69 Å². The molecule has 1 aromatic carbocycles. The number of hydrogen-bond acceptors (Lipinski definition) is 4. The van der Waals surface area contributed by atoms with Gasteiger partial charge in [0, 0.05) is 29.0 Å². The summed E-state index contributed by atoms with van der Waals surface area (Å²) < 4.78 is 6.15. The first-order valence-electron chi connectivity index (χ1n) is 5.65. The number of nitriles is 1. The van der Waals surface area contributed by atoms with Gasteiger partial charge >= 0.3 is 0 Å². The van der Waals surface area contributed by atoms with Crippen LogP contribution < -0.4 is 10.1 Å². The Labute approximate surface area is 120 Å². The molecule has 2 rings (SSSR count). The van der Waals surface area contributed by atoms with Gasteiger partial charge in [0.15, 0.2) is 0 Å². The fourth-order valence-electron chi connectivity index (χ4n) is 1.63. The van der Waals surface area contributed by atoms with E-state index in [2.05, 4.69) is 26.2 Å². The van der Waals surface area contributed by atoms with Gasteiger partial charge in [-0.25, -0.2) is 4.98 Å². The van der Waals surface area contributed by atoms with Gasteiger partial charge in [-0.3, -0.25) is 0 Å². The van der Waals surface area contributed by atoms with Crippen molar-refractivity contribution in [2.75, 3.05) is 12.4 Å². The van der Waals surface area contributed by atoms with Gasteiger partial charge in [-0.15, -0.1) is 0 Å². The first-order chi connectivity index (χ1) is 9.21. The molecule has 19 heavy (non-hydrogen) atoms. The molecule has 0 saturated carbocycles. The molecule has 96 valence electrons. The van der Waals surface area contributed by atoms with Crippen molar-refractivity contribution in [1.29, 1.82) is 5.26 Å². The molecule has 0 aliphatic rings. The van der Waals surface area contributed by atoms with Gasteiger partial charge in [-0.05, 0) is 29.8 Å². The van der Waals surface area contributed by atoms with Crippen molar-refractivity contribution in [3.8, 4) is 11.8 Å². The zero-order valence-electron chi connectivity index (χ0n) is 10.4. The molecule has 1 heterocycles. The second-order valence-corrected chi connectivity index (χ2v) is 4.81. The highest BCUT2D eigenvalue weighted by atomic mass is 79.9. The zero-order chi connectivity index (χ0) is 13.7. The largest absolute Gasteiger partial charge is 0.497 e. The molecule has 0 saturated heterocycles. The maximum Gasteiger partial charge on any atom is 0.140 e. The molecule has 0 fully saturated rings. The molecule has 5 heteroatoms. The molecule has 0 radical (unpaired) electrons. The Bertz CT molecular complexity index is 622. The third kappa shape index (κ3) is 3.70. The van der Waals surface area contributed by atoms with Crippen molar-refractivity contribution in [2.45, 2.75) is 6.54 Å². The van der Waals surface area contributed by atoms with E-state index in [1.165, 1.54) is 0 Å². The van der Waals surface area contributed by atoms with Gasteiger partial charge < -0.3 is 10.1 Å². The van der Waals surface area contributed by atoms with Crippen LogP contribution in [0, 0.1) is 11.3 Å². The number of hydrogen-bond donors (Lipinski definition) is 1. The summed E-state index contributed by atoms with van der Waals surface area (Å²) in [6, 6.07) is 11.4. The summed E-state index contributed by atoms with van der Waals surface area (Å²) >= 11 is 3.43. The average Bonchev–Trinajstić information content (AvgIpc) is 2.44. The lowest BCUT2D eigenvalue weighted by Crippen LogP contribution is -2.00. The summed E-state index contributed by atoms with van der Waals surface area (Å²) in [5.74, 6) is 0.782. The Balaban J connectivity index is 2.10. The van der Waals surface area contributed by atoms with Gasteiger partial charge in [0.05, 0.1) is 7.11 Å². The van der Waals surface area contributed by atoms with Crippen molar-refractivity contribution >= 4 is 21.6 Å². The van der Waals surface area contributed by atoms with Crippen LogP contribution in [0.1, 0.15) is 11.3 Å². The zero-order valence-corrected chi connectivity index (χ0v) is 11.9. The maximum absolute atomic E-state index is 8.80. The number of benzene rings is 1. The van der Waals surface area contributed by atoms with E-state index in [1.54, 1.807) is 19.4 Å². The summed E-state index contributed by atoms with van der Waals surface area (Å²) in [4.78, 5) is 3.94. The van der Waals surface area contributed by atoms with Gasteiger partial charge in [0.25, 0.3) is 0 Å². The molecule has 0 aliphatic carbocycles. The van der Waals surface area contributed by atoms with E-state index < -0.39 is 0 Å². The lowest BCUT2D eigenvalue weighted by molar-refractivity contribution is 0.414. The van der Waals surface area contributed by atoms with E-state index in [9.17, 15) is 0 Å². The Morgan fingerprint density at radius 2 is 2.21 bits per heavy atom. The molecule has 2 aromatic rings. The molecular formula is C14H12BrN3O. The Morgan fingerprint density at radius 1 is 1.37 bits per heavy atom. The van der Waals surface area contributed by atoms with Crippen LogP contribution >= 0.6 is 15.9 Å². The number of halogens is 1. The number of methoxy groups -OCH3 is 1. The molecular weight excluding hydrogens is 306 g/mol. The van der Waals surface area contributed by atoms with E-state index >= 15 is 0 Å². The van der Waals surface area contributed by atoms with Crippen LogP contribution in [0.5, 0.6) is 5.75 Å². The molecule has 1 N–H and O–H groups in total. The predicted molar refractivity (Wildman–Crippen MR) is 77.0 cm³/mol. The monoisotopic (exact) mass is 317 g/mol. The van der Waals surface area contributed by atoms with Crippen LogP contribution in [0.15, 0.2) is 41.0 Å². The molecule has 4 nitrogen and oxygen atoms in total. The fourth-order valence-corrected chi connectivity index (χ4v) is 2.10. The summed E-state index contributed by atoms with van der Waals surface area (Å²) in [6.45, 7) is 0.622. The van der Waals surface area contributed by atoms with Crippen LogP contribution in [0.25, 0.3) is 0 Å². The Hall–Kier alpha value is -2.06. The van der Waals surface area contributed by atoms with Crippen molar-refractivity contribution < 1.29 is 4.74 Å². The smallest absolute Gasteiger partial charge is 0.140 e. The molecule has 0 amide bonds. The number of pyridine rings is 1. The molecule has 0 atom stereocenters. The topological polar surface area (TPSA) is 57.9 Å². The number of rotatable bonds is 4. The minimum atomic E-state index is 0.422. The standard InChI is InChI=1S/C14H12BrN3O/c1-19-14-6-11(15)5-12(7-14)18-9-10-2-3-17-13(4-10)8-16/h2-7,18H,9H2,1H3. The van der Waals surface area contributed by atoms with Crippen LogP contribution in [0.2, 0.25) is 0 Å². The summed E-state index contributed by atoms with van der Waals surface area (Å²) in [5, 5.41) is 12.1. The average molecular weight is 318 g/mol. The maximum atomic E-state index is 8.80. The lowest BCUT2D eigenvalue weighted by atomic mass is 10.2. The van der Waals surface area contributed by atoms with Crippen LogP contribution in [0.3, 0.4) is 0 Å². The minimum Gasteiger partial charge on any atom is -0.497 e. The van der Waals surface area contributed by atoms with Gasteiger partial charge in [0.2, 0.25) is 0 Å². The molecule has 0 unspecified atom stereocenters. The highest BCUT2D eigenvalue weighted by Crippen LogP contribution is 2.24. The second-order valence-electron chi connectivity index (χ2n) is 3.89. The van der Waals surface area contributed by atoms with Crippen molar-refractivity contribution in [3.63, 3.8) is 0 Å². The van der Waals surface area contributed by atoms with E-state index in [1.807, 2.05) is 30.3 Å². The van der Waals surface area contributed by atoms with E-state index in [4.69, 9.17) is 10.00 Å². The number of nitrogens with one attached hydrogen (secondary N) is 1. The Kier molecular flexibility index (Phi) is 4.37. The second kappa shape index (κ2) is 6.21. The lowest BCUT2D eigenvalue weighted by Gasteiger charge is -2.09. The third-order valence-corrected chi connectivity index (χ3v) is 3.00. The first-order valence-corrected chi connectivity index (χ1v) is 6.44.